The van der Waals surface area contributed by atoms with Crippen molar-refractivity contribution < 1.29 is 19.1 Å². The van der Waals surface area contributed by atoms with Crippen molar-refractivity contribution in [1.29, 1.82) is 0 Å². The number of amides is 2. The van der Waals surface area contributed by atoms with Crippen molar-refractivity contribution in [3.63, 3.8) is 0 Å². The number of carbonyl (C=O) groups is 2. The molecule has 0 spiro atoms. The molecule has 0 fully saturated rings. The van der Waals surface area contributed by atoms with E-state index in [0.29, 0.717) is 29.3 Å². The molecular formula is C26H26N2O4. The lowest BCUT2D eigenvalue weighted by molar-refractivity contribution is -0.118. The van der Waals surface area contributed by atoms with E-state index < -0.39 is 0 Å². The molecule has 2 amide bonds. The number of carbonyl (C=O) groups excluding carboxylic acids is 2. The molecule has 0 saturated heterocycles. The van der Waals surface area contributed by atoms with Gasteiger partial charge in [0.05, 0.1) is 7.11 Å². The number of fused-ring (bicyclic) bond motifs is 1. The molecule has 0 saturated carbocycles. The topological polar surface area (TPSA) is 67.9 Å². The molecule has 164 valence electrons. The van der Waals surface area contributed by atoms with E-state index in [2.05, 4.69) is 11.4 Å². The second-order valence-corrected chi connectivity index (χ2v) is 7.64. The summed E-state index contributed by atoms with van der Waals surface area (Å²) in [7, 11) is 1.58. The van der Waals surface area contributed by atoms with Gasteiger partial charge in [-0.3, -0.25) is 9.59 Å². The highest BCUT2D eigenvalue weighted by atomic mass is 16.5. The summed E-state index contributed by atoms with van der Waals surface area (Å²) in [6.45, 7) is 0.578. The number of rotatable bonds is 6. The monoisotopic (exact) mass is 430 g/mol. The zero-order chi connectivity index (χ0) is 22.3. The number of anilines is 2. The molecule has 3 aromatic carbocycles. The highest BCUT2D eigenvalue weighted by Gasteiger charge is 2.22. The van der Waals surface area contributed by atoms with Gasteiger partial charge >= 0.3 is 0 Å². The van der Waals surface area contributed by atoms with Crippen LogP contribution in [0, 0.1) is 0 Å². The van der Waals surface area contributed by atoms with Gasteiger partial charge in [-0.2, -0.15) is 0 Å². The SMILES string of the molecule is COc1cccc(OCC(=O)Nc2ccc(C(=O)N3CCCCc4ccccc43)cc2)c1. The minimum Gasteiger partial charge on any atom is -0.497 e. The Kier molecular flexibility index (Phi) is 6.70. The predicted octanol–water partition coefficient (Wildman–Crippen LogP) is 4.70. The Morgan fingerprint density at radius 3 is 2.53 bits per heavy atom. The molecule has 0 unspecified atom stereocenters. The van der Waals surface area contributed by atoms with Gasteiger partial charge in [-0.05, 0) is 67.3 Å². The van der Waals surface area contributed by atoms with E-state index in [-0.39, 0.29) is 18.4 Å². The van der Waals surface area contributed by atoms with Gasteiger partial charge in [0.1, 0.15) is 11.5 Å². The Labute approximate surface area is 187 Å². The lowest BCUT2D eigenvalue weighted by Gasteiger charge is -2.23. The maximum atomic E-state index is 13.2. The summed E-state index contributed by atoms with van der Waals surface area (Å²) >= 11 is 0. The maximum Gasteiger partial charge on any atom is 0.262 e. The van der Waals surface area contributed by atoms with Crippen LogP contribution in [-0.4, -0.2) is 32.1 Å². The molecule has 0 aliphatic carbocycles. The van der Waals surface area contributed by atoms with Gasteiger partial charge < -0.3 is 19.7 Å². The molecule has 32 heavy (non-hydrogen) atoms. The maximum absolute atomic E-state index is 13.2. The van der Waals surface area contributed by atoms with E-state index in [1.807, 2.05) is 23.1 Å². The van der Waals surface area contributed by atoms with Crippen molar-refractivity contribution in [2.24, 2.45) is 0 Å². The van der Waals surface area contributed by atoms with Gasteiger partial charge in [0.15, 0.2) is 6.61 Å². The molecule has 0 aromatic heterocycles. The Morgan fingerprint density at radius 2 is 1.72 bits per heavy atom. The Morgan fingerprint density at radius 1 is 0.938 bits per heavy atom. The van der Waals surface area contributed by atoms with Crippen LogP contribution in [0.1, 0.15) is 28.8 Å². The Hall–Kier alpha value is -3.80. The van der Waals surface area contributed by atoms with Crippen molar-refractivity contribution in [3.8, 4) is 11.5 Å². The minimum absolute atomic E-state index is 0.0291. The van der Waals surface area contributed by atoms with Crippen LogP contribution in [0.25, 0.3) is 0 Å². The van der Waals surface area contributed by atoms with Crippen LogP contribution in [0.4, 0.5) is 11.4 Å². The fraction of sp³-hybridized carbons (Fsp3) is 0.231. The fourth-order valence-electron chi connectivity index (χ4n) is 3.79. The third-order valence-electron chi connectivity index (χ3n) is 5.43. The summed E-state index contributed by atoms with van der Waals surface area (Å²) in [6.07, 6.45) is 3.04. The zero-order valence-electron chi connectivity index (χ0n) is 18.0. The fourth-order valence-corrected chi connectivity index (χ4v) is 3.79. The highest BCUT2D eigenvalue weighted by Crippen LogP contribution is 2.27. The third-order valence-corrected chi connectivity index (χ3v) is 5.43. The molecule has 4 rings (SSSR count). The summed E-state index contributed by atoms with van der Waals surface area (Å²) in [4.78, 5) is 27.3. The number of ether oxygens (including phenoxy) is 2. The first-order valence-corrected chi connectivity index (χ1v) is 10.7. The lowest BCUT2D eigenvalue weighted by Crippen LogP contribution is -2.31. The van der Waals surface area contributed by atoms with Crippen LogP contribution in [0.3, 0.4) is 0 Å². The highest BCUT2D eigenvalue weighted by molar-refractivity contribution is 6.07. The molecule has 6 heteroatoms. The molecule has 0 bridgehead atoms. The number of benzene rings is 3. The van der Waals surface area contributed by atoms with Crippen molar-refractivity contribution in [2.45, 2.75) is 19.3 Å². The van der Waals surface area contributed by atoms with E-state index in [1.165, 1.54) is 5.56 Å². The molecule has 1 aliphatic rings. The molecule has 1 heterocycles. The summed E-state index contributed by atoms with van der Waals surface area (Å²) in [5.74, 6) is 0.903. The smallest absolute Gasteiger partial charge is 0.262 e. The first kappa shape index (κ1) is 21.4. The number of aryl methyl sites for hydroxylation is 1. The Balaban J connectivity index is 1.37. The minimum atomic E-state index is -0.284. The van der Waals surface area contributed by atoms with Crippen LogP contribution in [0.2, 0.25) is 0 Å². The Bertz CT molecular complexity index is 1090. The summed E-state index contributed by atoms with van der Waals surface area (Å²) in [6, 6.07) is 22.1. The molecule has 6 nitrogen and oxygen atoms in total. The first-order chi connectivity index (χ1) is 15.6. The van der Waals surface area contributed by atoms with E-state index >= 15 is 0 Å². The average molecular weight is 431 g/mol. The van der Waals surface area contributed by atoms with Crippen LogP contribution in [0.15, 0.2) is 72.8 Å². The zero-order valence-corrected chi connectivity index (χ0v) is 18.0. The van der Waals surface area contributed by atoms with E-state index in [0.717, 1.165) is 24.9 Å². The number of nitrogens with one attached hydrogen (secondary N) is 1. The largest absolute Gasteiger partial charge is 0.497 e. The van der Waals surface area contributed by atoms with Crippen LogP contribution >= 0.6 is 0 Å². The second kappa shape index (κ2) is 10.0. The lowest BCUT2D eigenvalue weighted by atomic mass is 10.1. The molecular weight excluding hydrogens is 404 g/mol. The van der Waals surface area contributed by atoms with E-state index in [4.69, 9.17) is 9.47 Å². The number of nitrogens with zero attached hydrogens (tertiary/aromatic N) is 1. The van der Waals surface area contributed by atoms with Gasteiger partial charge in [0.2, 0.25) is 0 Å². The average Bonchev–Trinajstić information content (AvgIpc) is 3.05. The van der Waals surface area contributed by atoms with Crippen molar-refractivity contribution in [1.82, 2.24) is 0 Å². The number of hydrogen-bond acceptors (Lipinski definition) is 4. The van der Waals surface area contributed by atoms with Crippen molar-refractivity contribution >= 4 is 23.2 Å². The van der Waals surface area contributed by atoms with Crippen molar-refractivity contribution in [3.05, 3.63) is 83.9 Å². The molecule has 0 radical (unpaired) electrons. The van der Waals surface area contributed by atoms with Crippen LogP contribution < -0.4 is 19.7 Å². The third kappa shape index (κ3) is 5.09. The standard InChI is InChI=1S/C26H26N2O4/c1-31-22-9-6-10-23(17-22)32-18-25(29)27-21-14-12-20(13-15-21)26(30)28-16-5-4-8-19-7-2-3-11-24(19)28/h2-3,6-7,9-15,17H,4-5,8,16,18H2,1H3,(H,27,29). The quantitative estimate of drug-likeness (QED) is 0.616. The van der Waals surface area contributed by atoms with Gasteiger partial charge in [0, 0.05) is 29.5 Å². The number of hydrogen-bond donors (Lipinski definition) is 1. The summed E-state index contributed by atoms with van der Waals surface area (Å²) in [5, 5.41) is 2.79. The molecule has 1 N–H and O–H groups in total. The summed E-state index contributed by atoms with van der Waals surface area (Å²) in [5.41, 5.74) is 3.39. The number of para-hydroxylation sites is 1. The van der Waals surface area contributed by atoms with Gasteiger partial charge in [-0.25, -0.2) is 0 Å². The van der Waals surface area contributed by atoms with Crippen LogP contribution in [-0.2, 0) is 11.2 Å². The molecule has 0 atom stereocenters. The van der Waals surface area contributed by atoms with Gasteiger partial charge in [-0.1, -0.05) is 24.3 Å². The summed E-state index contributed by atoms with van der Waals surface area (Å²) < 4.78 is 10.7. The van der Waals surface area contributed by atoms with Crippen molar-refractivity contribution in [2.75, 3.05) is 30.5 Å². The van der Waals surface area contributed by atoms with E-state index in [1.54, 1.807) is 55.6 Å². The van der Waals surface area contributed by atoms with Gasteiger partial charge in [0.25, 0.3) is 11.8 Å². The second-order valence-electron chi connectivity index (χ2n) is 7.64. The predicted molar refractivity (Wildman–Crippen MR) is 125 cm³/mol. The first-order valence-electron chi connectivity index (χ1n) is 10.7. The van der Waals surface area contributed by atoms with Gasteiger partial charge in [-0.15, -0.1) is 0 Å². The number of methoxy groups -OCH3 is 1. The normalized spacial score (nSPS) is 13.0. The van der Waals surface area contributed by atoms with Crippen LogP contribution in [0.5, 0.6) is 11.5 Å². The van der Waals surface area contributed by atoms with E-state index in [9.17, 15) is 9.59 Å². The molecule has 3 aromatic rings. The molecule has 1 aliphatic heterocycles.